The molecule has 4 aromatic rings. The second kappa shape index (κ2) is 15.6. The van der Waals surface area contributed by atoms with Crippen molar-refractivity contribution in [2.24, 2.45) is 5.92 Å². The minimum atomic E-state index is -4.23. The molecule has 4 rings (SSSR count). The van der Waals surface area contributed by atoms with E-state index in [1.54, 1.807) is 55.5 Å². The first-order chi connectivity index (χ1) is 21.8. The molecule has 1 N–H and O–H groups in total. The van der Waals surface area contributed by atoms with E-state index in [-0.39, 0.29) is 35.4 Å². The quantitative estimate of drug-likeness (QED) is 0.162. The Morgan fingerprint density at radius 1 is 0.804 bits per heavy atom. The van der Waals surface area contributed by atoms with Gasteiger partial charge >= 0.3 is 0 Å². The number of amides is 2. The lowest BCUT2D eigenvalue weighted by Crippen LogP contribution is -2.53. The van der Waals surface area contributed by atoms with Gasteiger partial charge in [0.2, 0.25) is 11.8 Å². The largest absolute Gasteiger partial charge is 0.354 e. The molecule has 1 atom stereocenters. The number of hydrogen-bond donors (Lipinski definition) is 1. The van der Waals surface area contributed by atoms with Crippen LogP contribution in [0.4, 0.5) is 5.69 Å². The maximum Gasteiger partial charge on any atom is 0.264 e. The molecule has 10 heteroatoms. The molecule has 0 unspecified atom stereocenters. The molecule has 2 amide bonds. The van der Waals surface area contributed by atoms with Gasteiger partial charge in [0.05, 0.1) is 10.6 Å². The van der Waals surface area contributed by atoms with E-state index in [1.165, 1.54) is 23.1 Å². The molecule has 0 radical (unpaired) electrons. The second-order valence-electron chi connectivity index (χ2n) is 11.7. The van der Waals surface area contributed by atoms with Crippen LogP contribution in [0.5, 0.6) is 0 Å². The Kier molecular flexibility index (Phi) is 11.9. The number of halogens is 2. The minimum Gasteiger partial charge on any atom is -0.354 e. The van der Waals surface area contributed by atoms with Gasteiger partial charge in [-0.1, -0.05) is 103 Å². The first-order valence-corrected chi connectivity index (χ1v) is 17.3. The molecule has 0 bridgehead atoms. The van der Waals surface area contributed by atoms with Gasteiger partial charge in [-0.25, -0.2) is 8.42 Å². The highest BCUT2D eigenvalue weighted by Gasteiger charge is 2.35. The molecule has 0 saturated carbocycles. The van der Waals surface area contributed by atoms with E-state index in [0.717, 1.165) is 21.0 Å². The van der Waals surface area contributed by atoms with E-state index in [0.29, 0.717) is 22.2 Å². The molecule has 0 heterocycles. The summed E-state index contributed by atoms with van der Waals surface area (Å²) in [6, 6.07) is 26.9. The number of nitrogens with zero attached hydrogens (tertiary/aromatic N) is 2. The van der Waals surface area contributed by atoms with Crippen LogP contribution < -0.4 is 9.62 Å². The lowest BCUT2D eigenvalue weighted by Gasteiger charge is -2.34. The summed E-state index contributed by atoms with van der Waals surface area (Å²) < 4.78 is 29.6. The third kappa shape index (κ3) is 9.12. The number of anilines is 1. The van der Waals surface area contributed by atoms with Crippen molar-refractivity contribution < 1.29 is 18.0 Å². The van der Waals surface area contributed by atoms with Crippen molar-refractivity contribution in [1.82, 2.24) is 10.2 Å². The highest BCUT2D eigenvalue weighted by molar-refractivity contribution is 7.92. The van der Waals surface area contributed by atoms with Crippen molar-refractivity contribution >= 4 is 50.7 Å². The van der Waals surface area contributed by atoms with Gasteiger partial charge in [-0.3, -0.25) is 13.9 Å². The van der Waals surface area contributed by atoms with E-state index < -0.39 is 28.5 Å². The minimum absolute atomic E-state index is 0.0324. The average molecular weight is 681 g/mol. The Hall–Kier alpha value is -3.85. The molecule has 0 fully saturated rings. The first-order valence-electron chi connectivity index (χ1n) is 15.1. The van der Waals surface area contributed by atoms with Crippen LogP contribution in [0.15, 0.2) is 102 Å². The Bertz CT molecular complexity index is 1750. The van der Waals surface area contributed by atoms with Crippen LogP contribution in [0, 0.1) is 19.8 Å². The highest BCUT2D eigenvalue weighted by Crippen LogP contribution is 2.30. The lowest BCUT2D eigenvalue weighted by atomic mass is 10.0. The maximum atomic E-state index is 14.6. The van der Waals surface area contributed by atoms with Crippen LogP contribution in [0.25, 0.3) is 0 Å². The van der Waals surface area contributed by atoms with E-state index in [4.69, 9.17) is 23.2 Å². The van der Waals surface area contributed by atoms with Crippen LogP contribution in [0.1, 0.15) is 36.1 Å². The van der Waals surface area contributed by atoms with Gasteiger partial charge in [-0.15, -0.1) is 0 Å². The van der Waals surface area contributed by atoms with Gasteiger partial charge in [0.1, 0.15) is 12.6 Å². The van der Waals surface area contributed by atoms with Crippen molar-refractivity contribution in [3.63, 3.8) is 0 Å². The molecular formula is C36H39Cl2N3O4S. The Balaban J connectivity index is 1.82. The summed E-state index contributed by atoms with van der Waals surface area (Å²) in [5.41, 5.74) is 3.38. The topological polar surface area (TPSA) is 86.8 Å². The molecule has 0 saturated heterocycles. The molecule has 0 aromatic heterocycles. The third-order valence-corrected chi connectivity index (χ3v) is 9.81. The second-order valence-corrected chi connectivity index (χ2v) is 14.5. The Morgan fingerprint density at radius 3 is 2.07 bits per heavy atom. The van der Waals surface area contributed by atoms with E-state index in [2.05, 4.69) is 5.32 Å². The molecule has 46 heavy (non-hydrogen) atoms. The lowest BCUT2D eigenvalue weighted by molar-refractivity contribution is -0.140. The molecule has 0 spiro atoms. The first kappa shape index (κ1) is 35.0. The third-order valence-electron chi connectivity index (χ3n) is 7.55. The maximum absolute atomic E-state index is 14.6. The standard InChI is InChI=1S/C36H39Cl2N3O4S/c1-25(2)22-39-36(43)34(20-28-8-6-5-7-9-28)40(23-29-13-16-30(37)17-14-29)35(42)24-41(33-21-31(38)15-12-27(33)4)46(44,45)32-18-10-26(3)11-19-32/h5-19,21,25,34H,20,22-24H2,1-4H3,(H,39,43)/t34-/m0/s1. The molecule has 7 nitrogen and oxygen atoms in total. The smallest absolute Gasteiger partial charge is 0.264 e. The molecule has 0 aliphatic heterocycles. The highest BCUT2D eigenvalue weighted by atomic mass is 35.5. The van der Waals surface area contributed by atoms with Gasteiger partial charge in [0, 0.05) is 29.6 Å². The number of sulfonamides is 1. The van der Waals surface area contributed by atoms with E-state index in [1.807, 2.05) is 51.1 Å². The zero-order valence-corrected chi connectivity index (χ0v) is 28.7. The summed E-state index contributed by atoms with van der Waals surface area (Å²) in [6.45, 7) is 7.52. The van der Waals surface area contributed by atoms with Crippen LogP contribution in [0.3, 0.4) is 0 Å². The van der Waals surface area contributed by atoms with Crippen molar-refractivity contribution in [2.45, 2.75) is 51.6 Å². The fourth-order valence-corrected chi connectivity index (χ4v) is 6.73. The van der Waals surface area contributed by atoms with Gasteiger partial charge in [0.15, 0.2) is 0 Å². The zero-order chi connectivity index (χ0) is 33.4. The number of benzene rings is 4. The predicted molar refractivity (Wildman–Crippen MR) is 186 cm³/mol. The van der Waals surface area contributed by atoms with Crippen molar-refractivity contribution in [2.75, 3.05) is 17.4 Å². The van der Waals surface area contributed by atoms with Crippen LogP contribution >= 0.6 is 23.2 Å². The summed E-state index contributed by atoms with van der Waals surface area (Å²) in [4.78, 5) is 29.9. The molecular weight excluding hydrogens is 641 g/mol. The average Bonchev–Trinajstić information content (AvgIpc) is 3.03. The van der Waals surface area contributed by atoms with Gasteiger partial charge in [-0.2, -0.15) is 0 Å². The monoisotopic (exact) mass is 679 g/mol. The van der Waals surface area contributed by atoms with E-state index >= 15 is 0 Å². The van der Waals surface area contributed by atoms with E-state index in [9.17, 15) is 18.0 Å². The van der Waals surface area contributed by atoms with Gasteiger partial charge < -0.3 is 10.2 Å². The molecule has 242 valence electrons. The number of carbonyl (C=O) groups excluding carboxylic acids is 2. The Labute approximate surface area is 282 Å². The summed E-state index contributed by atoms with van der Waals surface area (Å²) in [7, 11) is -4.23. The predicted octanol–water partition coefficient (Wildman–Crippen LogP) is 7.22. The van der Waals surface area contributed by atoms with Crippen molar-refractivity contribution in [3.05, 3.63) is 129 Å². The van der Waals surface area contributed by atoms with Crippen LogP contribution in [-0.2, 0) is 32.6 Å². The number of hydrogen-bond acceptors (Lipinski definition) is 4. The molecule has 0 aliphatic rings. The molecule has 4 aromatic carbocycles. The summed E-state index contributed by atoms with van der Waals surface area (Å²) in [5, 5.41) is 3.85. The fourth-order valence-electron chi connectivity index (χ4n) is 4.97. The summed E-state index contributed by atoms with van der Waals surface area (Å²) in [5.74, 6) is -0.694. The zero-order valence-electron chi connectivity index (χ0n) is 26.4. The van der Waals surface area contributed by atoms with Gasteiger partial charge in [0.25, 0.3) is 10.0 Å². The number of carbonyl (C=O) groups is 2. The van der Waals surface area contributed by atoms with Crippen LogP contribution in [-0.4, -0.2) is 44.3 Å². The fraction of sp³-hybridized carbons (Fsp3) is 0.278. The summed E-state index contributed by atoms with van der Waals surface area (Å²) >= 11 is 12.5. The Morgan fingerprint density at radius 2 is 1.43 bits per heavy atom. The summed E-state index contributed by atoms with van der Waals surface area (Å²) in [6.07, 6.45) is 0.227. The van der Waals surface area contributed by atoms with Crippen molar-refractivity contribution in [1.29, 1.82) is 0 Å². The number of nitrogens with one attached hydrogen (secondary N) is 1. The van der Waals surface area contributed by atoms with Crippen molar-refractivity contribution in [3.8, 4) is 0 Å². The number of aryl methyl sites for hydroxylation is 2. The SMILES string of the molecule is Cc1ccc(S(=O)(=O)N(CC(=O)N(Cc2ccc(Cl)cc2)[C@@H](Cc2ccccc2)C(=O)NCC(C)C)c2cc(Cl)ccc2C)cc1. The number of rotatable bonds is 13. The molecule has 0 aliphatic carbocycles. The van der Waals surface area contributed by atoms with Gasteiger partial charge in [-0.05, 0) is 72.9 Å². The normalized spacial score (nSPS) is 12.1. The van der Waals surface area contributed by atoms with Crippen LogP contribution in [0.2, 0.25) is 10.0 Å².